The second-order valence-electron chi connectivity index (χ2n) is 10.4. The van der Waals surface area contributed by atoms with Crippen molar-refractivity contribution in [3.05, 3.63) is 59.4 Å². The van der Waals surface area contributed by atoms with Gasteiger partial charge in [0.1, 0.15) is 5.82 Å². The Labute approximate surface area is 191 Å². The lowest BCUT2D eigenvalue weighted by molar-refractivity contribution is 0.308. The van der Waals surface area contributed by atoms with E-state index >= 15 is 4.39 Å². The second kappa shape index (κ2) is 10.9. The molecule has 0 nitrogen and oxygen atoms in total. The van der Waals surface area contributed by atoms with Gasteiger partial charge in [-0.25, -0.2) is 4.39 Å². The van der Waals surface area contributed by atoms with Crippen molar-refractivity contribution in [3.63, 3.8) is 0 Å². The lowest BCUT2D eigenvalue weighted by Gasteiger charge is -2.29. The van der Waals surface area contributed by atoms with E-state index in [0.29, 0.717) is 5.92 Å². The van der Waals surface area contributed by atoms with Crippen molar-refractivity contribution in [2.24, 2.45) is 5.92 Å². The molecule has 0 bridgehead atoms. The molecule has 2 aromatic rings. The summed E-state index contributed by atoms with van der Waals surface area (Å²) < 4.78 is 15.1. The van der Waals surface area contributed by atoms with Crippen molar-refractivity contribution in [1.29, 1.82) is 0 Å². The van der Waals surface area contributed by atoms with E-state index < -0.39 is 8.80 Å². The van der Waals surface area contributed by atoms with Gasteiger partial charge in [0.2, 0.25) is 0 Å². The van der Waals surface area contributed by atoms with Gasteiger partial charge in [0.25, 0.3) is 0 Å². The first-order valence-corrected chi connectivity index (χ1v) is 15.5. The molecule has 0 aromatic heterocycles. The van der Waals surface area contributed by atoms with Crippen LogP contribution in [0, 0.1) is 11.7 Å². The average molecular weight is 437 g/mol. The Hall–Kier alpha value is -1.41. The van der Waals surface area contributed by atoms with E-state index in [0.717, 1.165) is 23.0 Å². The van der Waals surface area contributed by atoms with Crippen LogP contribution in [0.3, 0.4) is 0 Å². The van der Waals surface area contributed by atoms with Gasteiger partial charge in [-0.1, -0.05) is 87.6 Å². The van der Waals surface area contributed by atoms with Gasteiger partial charge in [0, 0.05) is 14.4 Å². The van der Waals surface area contributed by atoms with Crippen LogP contribution in [0.4, 0.5) is 4.39 Å². The number of benzene rings is 2. The van der Waals surface area contributed by atoms with E-state index in [-0.39, 0.29) is 5.82 Å². The van der Waals surface area contributed by atoms with Gasteiger partial charge < -0.3 is 0 Å². The molecule has 0 atom stereocenters. The van der Waals surface area contributed by atoms with Crippen LogP contribution in [0.5, 0.6) is 0 Å². The number of rotatable bonds is 7. The summed E-state index contributed by atoms with van der Waals surface area (Å²) in [6, 6.07) is 19.4. The van der Waals surface area contributed by atoms with Crippen molar-refractivity contribution in [3.8, 4) is 11.1 Å². The van der Waals surface area contributed by atoms with Crippen molar-refractivity contribution in [1.82, 2.24) is 0 Å². The van der Waals surface area contributed by atoms with Crippen LogP contribution in [-0.4, -0.2) is 8.80 Å². The molecule has 0 spiro atoms. The molecule has 0 amide bonds. The van der Waals surface area contributed by atoms with E-state index in [4.69, 9.17) is 0 Å². The third-order valence-corrected chi connectivity index (χ3v) is 11.9. The molecule has 1 aliphatic heterocycles. The molecule has 168 valence electrons. The summed E-state index contributed by atoms with van der Waals surface area (Å²) in [5, 5.41) is 0. The van der Waals surface area contributed by atoms with Crippen LogP contribution in [0.15, 0.2) is 42.5 Å². The predicted octanol–water partition coefficient (Wildman–Crippen LogP) is 9.08. The van der Waals surface area contributed by atoms with Gasteiger partial charge in [-0.15, -0.1) is 0 Å². The number of hydrogen-bond acceptors (Lipinski definition) is 0. The molecule has 2 aromatic carbocycles. The maximum Gasteiger partial charge on any atom is 0.131 e. The van der Waals surface area contributed by atoms with Gasteiger partial charge in [-0.2, -0.15) is 0 Å². The Bertz CT molecular complexity index is 811. The minimum Gasteiger partial charge on any atom is -0.206 e. The fraction of sp³-hybridized carbons (Fsp3) is 0.586. The highest BCUT2D eigenvalue weighted by molar-refractivity contribution is 6.59. The Morgan fingerprint density at radius 1 is 0.774 bits per heavy atom. The van der Waals surface area contributed by atoms with Gasteiger partial charge in [-0.05, 0) is 79.0 Å². The molecule has 1 aliphatic carbocycles. The molecule has 0 radical (unpaired) electrons. The van der Waals surface area contributed by atoms with Crippen molar-refractivity contribution < 1.29 is 4.39 Å². The lowest BCUT2D eigenvalue weighted by Crippen LogP contribution is -2.19. The van der Waals surface area contributed by atoms with Crippen LogP contribution >= 0.6 is 0 Å². The van der Waals surface area contributed by atoms with Crippen LogP contribution in [0.1, 0.15) is 94.6 Å². The minimum absolute atomic E-state index is 0.0491. The first-order valence-electron chi connectivity index (χ1n) is 13.1. The summed E-state index contributed by atoms with van der Waals surface area (Å²) in [7, 11) is -0.428. The zero-order chi connectivity index (χ0) is 21.6. The highest BCUT2D eigenvalue weighted by Gasteiger charge is 2.24. The Balaban J connectivity index is 1.39. The Kier molecular flexibility index (Phi) is 8.04. The molecule has 1 heterocycles. The van der Waals surface area contributed by atoms with Crippen LogP contribution in [0.2, 0.25) is 18.1 Å². The highest BCUT2D eigenvalue weighted by atomic mass is 28.3. The highest BCUT2D eigenvalue weighted by Crippen LogP contribution is 2.39. The maximum absolute atomic E-state index is 15.1. The first-order chi connectivity index (χ1) is 15.2. The molecular weight excluding hydrogens is 395 g/mol. The third-order valence-electron chi connectivity index (χ3n) is 8.24. The average Bonchev–Trinajstić information content (AvgIpc) is 2.81. The SMILES string of the molecule is CCC[SiH]1CCC(c2ccc(-c3ccc([C@H]4CC[C@H](CCC)CC4)cc3F)cc2)CC1. The topological polar surface area (TPSA) is 0 Å². The molecule has 2 aliphatic rings. The monoisotopic (exact) mass is 436 g/mol. The zero-order valence-electron chi connectivity index (χ0n) is 19.7. The fourth-order valence-electron chi connectivity index (χ4n) is 6.34. The molecule has 1 saturated heterocycles. The summed E-state index contributed by atoms with van der Waals surface area (Å²) in [6.07, 6.45) is 11.8. The second-order valence-corrected chi connectivity index (χ2v) is 13.8. The number of hydrogen-bond donors (Lipinski definition) is 0. The van der Waals surface area contributed by atoms with Gasteiger partial charge in [0.15, 0.2) is 0 Å². The normalized spacial score (nSPS) is 26.7. The number of halogens is 1. The summed E-state index contributed by atoms with van der Waals surface area (Å²) >= 11 is 0. The predicted molar refractivity (Wildman–Crippen MR) is 135 cm³/mol. The summed E-state index contributed by atoms with van der Waals surface area (Å²) in [4.78, 5) is 0. The van der Waals surface area contributed by atoms with Crippen LogP contribution in [-0.2, 0) is 0 Å². The van der Waals surface area contributed by atoms with E-state index in [1.807, 2.05) is 12.1 Å². The molecular formula is C29H41FSi. The standard InChI is InChI=1S/C29H41FSi/c1-3-5-22-6-8-24(9-7-22)27-14-15-28(29(30)21-27)26-12-10-23(11-13-26)25-16-19-31(18-4-2)20-17-25/h10-15,21-22,24-25,31H,3-9,16-20H2,1-2H3/t22-,24-,25?,31?. The fourth-order valence-corrected chi connectivity index (χ4v) is 9.77. The Morgan fingerprint density at radius 3 is 2.03 bits per heavy atom. The quantitative estimate of drug-likeness (QED) is 0.380. The van der Waals surface area contributed by atoms with Crippen LogP contribution < -0.4 is 0 Å². The van der Waals surface area contributed by atoms with E-state index in [2.05, 4.69) is 44.2 Å². The molecule has 2 fully saturated rings. The molecule has 4 rings (SSSR count). The van der Waals surface area contributed by atoms with Crippen molar-refractivity contribution in [2.45, 2.75) is 102 Å². The maximum atomic E-state index is 15.1. The van der Waals surface area contributed by atoms with Crippen molar-refractivity contribution >= 4 is 8.80 Å². The van der Waals surface area contributed by atoms with Gasteiger partial charge in [0.05, 0.1) is 0 Å². The molecule has 31 heavy (non-hydrogen) atoms. The first kappa shape index (κ1) is 22.8. The lowest BCUT2D eigenvalue weighted by atomic mass is 9.77. The Morgan fingerprint density at radius 2 is 1.42 bits per heavy atom. The third kappa shape index (κ3) is 5.69. The largest absolute Gasteiger partial charge is 0.206 e. The van der Waals surface area contributed by atoms with Gasteiger partial charge in [-0.3, -0.25) is 0 Å². The van der Waals surface area contributed by atoms with E-state index in [9.17, 15) is 0 Å². The summed E-state index contributed by atoms with van der Waals surface area (Å²) in [5.41, 5.74) is 4.46. The molecule has 0 unspecified atom stereocenters. The van der Waals surface area contributed by atoms with E-state index in [1.165, 1.54) is 87.0 Å². The minimum atomic E-state index is -0.428. The molecule has 0 N–H and O–H groups in total. The van der Waals surface area contributed by atoms with Crippen LogP contribution in [0.25, 0.3) is 11.1 Å². The summed E-state index contributed by atoms with van der Waals surface area (Å²) in [5.74, 6) is 2.12. The smallest absolute Gasteiger partial charge is 0.131 e. The van der Waals surface area contributed by atoms with E-state index in [1.54, 1.807) is 0 Å². The van der Waals surface area contributed by atoms with Crippen molar-refractivity contribution in [2.75, 3.05) is 0 Å². The molecule has 1 saturated carbocycles. The summed E-state index contributed by atoms with van der Waals surface area (Å²) in [6.45, 7) is 4.62. The zero-order valence-corrected chi connectivity index (χ0v) is 20.9. The molecule has 2 heteroatoms. The van der Waals surface area contributed by atoms with Gasteiger partial charge >= 0.3 is 0 Å².